The van der Waals surface area contributed by atoms with Crippen molar-refractivity contribution in [3.8, 4) is 11.6 Å². The van der Waals surface area contributed by atoms with E-state index in [0.29, 0.717) is 28.0 Å². The predicted octanol–water partition coefficient (Wildman–Crippen LogP) is 4.45. The van der Waals surface area contributed by atoms with Gasteiger partial charge in [0.2, 0.25) is 5.88 Å². The van der Waals surface area contributed by atoms with Gasteiger partial charge in [0.25, 0.3) is 0 Å². The normalized spacial score (nSPS) is 10.6. The molecule has 0 atom stereocenters. The minimum atomic E-state index is -0.426. The number of ether oxygens (including phenoxy) is 1. The molecule has 0 aliphatic heterocycles. The first-order valence-electron chi connectivity index (χ1n) is 8.31. The Morgan fingerprint density at radius 3 is 2.86 bits per heavy atom. The Hall–Kier alpha value is -3.65. The van der Waals surface area contributed by atoms with Crippen LogP contribution in [0, 0.1) is 0 Å². The molecule has 0 unspecified atom stereocenters. The number of amides is 2. The number of hydrogen-bond donors (Lipinski definition) is 2. The number of benzene rings is 1. The van der Waals surface area contributed by atoms with Gasteiger partial charge < -0.3 is 19.9 Å². The molecule has 1 aromatic carbocycles. The van der Waals surface area contributed by atoms with Gasteiger partial charge in [-0.05, 0) is 30.3 Å². The third-order valence-corrected chi connectivity index (χ3v) is 4.26. The molecule has 4 rings (SSSR count). The van der Waals surface area contributed by atoms with Crippen LogP contribution in [0.15, 0.2) is 61.3 Å². The molecule has 0 saturated carbocycles. The molecule has 0 bridgehead atoms. The fourth-order valence-corrected chi connectivity index (χ4v) is 2.87. The van der Waals surface area contributed by atoms with Crippen molar-refractivity contribution in [2.24, 2.45) is 7.05 Å². The highest BCUT2D eigenvalue weighted by Gasteiger charge is 2.12. The summed E-state index contributed by atoms with van der Waals surface area (Å²) in [7, 11) is 1.89. The van der Waals surface area contributed by atoms with Crippen molar-refractivity contribution in [3.63, 3.8) is 0 Å². The highest BCUT2D eigenvalue weighted by atomic mass is 35.5. The first kappa shape index (κ1) is 17.7. The summed E-state index contributed by atoms with van der Waals surface area (Å²) in [5, 5.41) is 5.69. The first-order chi connectivity index (χ1) is 13.6. The maximum Gasteiger partial charge on any atom is 0.323 e. The largest absolute Gasteiger partial charge is 0.437 e. The number of carbonyl (C=O) groups is 1. The molecule has 2 N–H and O–H groups in total. The molecule has 0 radical (unpaired) electrons. The second kappa shape index (κ2) is 7.53. The average Bonchev–Trinajstić information content (AvgIpc) is 3.07. The van der Waals surface area contributed by atoms with Crippen molar-refractivity contribution >= 4 is 40.0 Å². The van der Waals surface area contributed by atoms with E-state index < -0.39 is 6.03 Å². The van der Waals surface area contributed by atoms with Crippen molar-refractivity contribution in [3.05, 3.63) is 66.3 Å². The van der Waals surface area contributed by atoms with Gasteiger partial charge in [-0.15, -0.1) is 0 Å². The number of aryl methyl sites for hydroxylation is 1. The van der Waals surface area contributed by atoms with Crippen molar-refractivity contribution in [2.75, 3.05) is 10.6 Å². The van der Waals surface area contributed by atoms with Gasteiger partial charge in [-0.1, -0.05) is 11.6 Å². The summed E-state index contributed by atoms with van der Waals surface area (Å²) in [5.41, 5.74) is 2.58. The zero-order chi connectivity index (χ0) is 19.5. The fourth-order valence-electron chi connectivity index (χ4n) is 2.65. The summed E-state index contributed by atoms with van der Waals surface area (Å²) in [6.07, 6.45) is 6.49. The Labute approximate surface area is 165 Å². The highest BCUT2D eigenvalue weighted by Crippen LogP contribution is 2.31. The zero-order valence-corrected chi connectivity index (χ0v) is 15.5. The molecular formula is C19H15ClN6O2. The van der Waals surface area contributed by atoms with E-state index in [4.69, 9.17) is 16.3 Å². The number of hydrogen-bond acceptors (Lipinski definition) is 5. The van der Waals surface area contributed by atoms with Gasteiger partial charge in [-0.3, -0.25) is 4.98 Å². The number of rotatable bonds is 4. The van der Waals surface area contributed by atoms with Gasteiger partial charge in [0.05, 0.1) is 28.1 Å². The standard InChI is InChI=1S/C19H15ClN6O2/c1-26-8-6-16-17(26)18(23-11-22-16)28-13-4-5-15(14(20)9-13)25-19(27)24-12-3-2-7-21-10-12/h2-11H,1H3,(H2,24,25,27). The molecule has 0 saturated heterocycles. The SMILES string of the molecule is Cn1ccc2ncnc(Oc3ccc(NC(=O)Nc4cccnc4)c(Cl)c3)c21. The van der Waals surface area contributed by atoms with Crippen LogP contribution < -0.4 is 15.4 Å². The van der Waals surface area contributed by atoms with Gasteiger partial charge in [0, 0.05) is 25.5 Å². The summed E-state index contributed by atoms with van der Waals surface area (Å²) in [6, 6.07) is 9.88. The minimum absolute atomic E-state index is 0.330. The molecule has 8 nitrogen and oxygen atoms in total. The van der Waals surface area contributed by atoms with Crippen LogP contribution in [0.3, 0.4) is 0 Å². The minimum Gasteiger partial charge on any atom is -0.437 e. The lowest BCUT2D eigenvalue weighted by Crippen LogP contribution is -2.19. The summed E-state index contributed by atoms with van der Waals surface area (Å²) in [4.78, 5) is 24.5. The maximum atomic E-state index is 12.1. The third kappa shape index (κ3) is 3.72. The van der Waals surface area contributed by atoms with E-state index in [1.165, 1.54) is 6.33 Å². The lowest BCUT2D eigenvalue weighted by atomic mass is 10.3. The number of halogens is 1. The Kier molecular flexibility index (Phi) is 4.77. The van der Waals surface area contributed by atoms with E-state index in [0.717, 1.165) is 11.0 Å². The Bertz CT molecular complexity index is 1150. The fraction of sp³-hybridized carbons (Fsp3) is 0.0526. The molecule has 3 heterocycles. The van der Waals surface area contributed by atoms with Crippen molar-refractivity contribution in [1.82, 2.24) is 19.5 Å². The first-order valence-corrected chi connectivity index (χ1v) is 8.69. The number of carbonyl (C=O) groups excluding carboxylic acids is 1. The second-order valence-electron chi connectivity index (χ2n) is 5.90. The number of urea groups is 1. The average molecular weight is 395 g/mol. The van der Waals surface area contributed by atoms with Gasteiger partial charge in [-0.2, -0.15) is 4.98 Å². The summed E-state index contributed by atoms with van der Waals surface area (Å²) in [6.45, 7) is 0. The number of fused-ring (bicyclic) bond motifs is 1. The van der Waals surface area contributed by atoms with E-state index in [1.807, 2.05) is 23.9 Å². The smallest absolute Gasteiger partial charge is 0.323 e. The van der Waals surface area contributed by atoms with Crippen LogP contribution in [-0.4, -0.2) is 25.6 Å². The Morgan fingerprint density at radius 1 is 1.18 bits per heavy atom. The maximum absolute atomic E-state index is 12.1. The molecule has 140 valence electrons. The van der Waals surface area contributed by atoms with Gasteiger partial charge in [0.15, 0.2) is 0 Å². The zero-order valence-electron chi connectivity index (χ0n) is 14.8. The van der Waals surface area contributed by atoms with Crippen LogP contribution in [0.1, 0.15) is 0 Å². The molecule has 0 aliphatic carbocycles. The van der Waals surface area contributed by atoms with E-state index in [2.05, 4.69) is 25.6 Å². The van der Waals surface area contributed by atoms with Crippen molar-refractivity contribution < 1.29 is 9.53 Å². The molecule has 2 amide bonds. The van der Waals surface area contributed by atoms with Crippen LogP contribution >= 0.6 is 11.6 Å². The molecule has 0 fully saturated rings. The van der Waals surface area contributed by atoms with Gasteiger partial charge in [0.1, 0.15) is 17.6 Å². The topological polar surface area (TPSA) is 94.0 Å². The number of pyridine rings is 1. The summed E-state index contributed by atoms with van der Waals surface area (Å²) >= 11 is 6.30. The quantitative estimate of drug-likeness (QED) is 0.533. The molecular weight excluding hydrogens is 380 g/mol. The summed E-state index contributed by atoms with van der Waals surface area (Å²) < 4.78 is 7.75. The van der Waals surface area contributed by atoms with Gasteiger partial charge in [-0.25, -0.2) is 9.78 Å². The van der Waals surface area contributed by atoms with Crippen LogP contribution in [0.2, 0.25) is 5.02 Å². The van der Waals surface area contributed by atoms with E-state index >= 15 is 0 Å². The van der Waals surface area contributed by atoms with Crippen molar-refractivity contribution in [2.45, 2.75) is 0 Å². The van der Waals surface area contributed by atoms with Crippen LogP contribution in [-0.2, 0) is 7.05 Å². The van der Waals surface area contributed by atoms with Crippen LogP contribution in [0.4, 0.5) is 16.2 Å². The molecule has 0 spiro atoms. The molecule has 9 heteroatoms. The second-order valence-corrected chi connectivity index (χ2v) is 6.31. The number of anilines is 2. The van der Waals surface area contributed by atoms with E-state index in [1.54, 1.807) is 42.7 Å². The van der Waals surface area contributed by atoms with E-state index in [-0.39, 0.29) is 0 Å². The van der Waals surface area contributed by atoms with Crippen LogP contribution in [0.25, 0.3) is 11.0 Å². The Morgan fingerprint density at radius 2 is 2.07 bits per heavy atom. The van der Waals surface area contributed by atoms with Crippen LogP contribution in [0.5, 0.6) is 11.6 Å². The number of aromatic nitrogens is 4. The van der Waals surface area contributed by atoms with E-state index in [9.17, 15) is 4.79 Å². The molecule has 0 aliphatic rings. The third-order valence-electron chi connectivity index (χ3n) is 3.95. The lowest BCUT2D eigenvalue weighted by Gasteiger charge is -2.11. The summed E-state index contributed by atoms with van der Waals surface area (Å²) in [5.74, 6) is 0.910. The lowest BCUT2D eigenvalue weighted by molar-refractivity contribution is 0.262. The predicted molar refractivity (Wildman–Crippen MR) is 107 cm³/mol. The van der Waals surface area contributed by atoms with Crippen molar-refractivity contribution in [1.29, 1.82) is 0 Å². The molecule has 3 aromatic heterocycles. The molecule has 28 heavy (non-hydrogen) atoms. The molecule has 4 aromatic rings. The highest BCUT2D eigenvalue weighted by molar-refractivity contribution is 6.34. The Balaban J connectivity index is 1.50. The number of nitrogens with one attached hydrogen (secondary N) is 2. The van der Waals surface area contributed by atoms with Gasteiger partial charge >= 0.3 is 6.03 Å². The monoisotopic (exact) mass is 394 g/mol. The number of nitrogens with zero attached hydrogens (tertiary/aromatic N) is 4.